The van der Waals surface area contributed by atoms with E-state index in [-0.39, 0.29) is 22.8 Å². The van der Waals surface area contributed by atoms with Gasteiger partial charge in [0.2, 0.25) is 0 Å². The highest BCUT2D eigenvalue weighted by Gasteiger charge is 2.24. The van der Waals surface area contributed by atoms with Gasteiger partial charge in [-0.25, -0.2) is 8.42 Å². The molecular weight excluding hydrogens is 318 g/mol. The van der Waals surface area contributed by atoms with Gasteiger partial charge in [0, 0.05) is 0 Å². The van der Waals surface area contributed by atoms with Crippen molar-refractivity contribution in [2.24, 2.45) is 5.92 Å². The van der Waals surface area contributed by atoms with E-state index < -0.39 is 21.7 Å². The molecule has 1 aliphatic rings. The second-order valence-electron chi connectivity index (χ2n) is 5.62. The minimum atomic E-state index is -3.51. The Morgan fingerprint density at radius 1 is 1.26 bits per heavy atom. The van der Waals surface area contributed by atoms with Crippen molar-refractivity contribution in [1.82, 2.24) is 5.32 Å². The van der Waals surface area contributed by atoms with Gasteiger partial charge in [-0.2, -0.15) is 0 Å². The first-order chi connectivity index (χ1) is 10.9. The van der Waals surface area contributed by atoms with Gasteiger partial charge in [-0.1, -0.05) is 19.1 Å². The van der Waals surface area contributed by atoms with E-state index in [2.05, 4.69) is 5.32 Å². The molecule has 1 fully saturated rings. The Hall–Kier alpha value is -1.89. The van der Waals surface area contributed by atoms with Crippen molar-refractivity contribution in [2.75, 3.05) is 18.9 Å². The fourth-order valence-corrected chi connectivity index (χ4v) is 3.64. The molecule has 6 nitrogen and oxygen atoms in total. The summed E-state index contributed by atoms with van der Waals surface area (Å²) in [4.78, 5) is 23.7. The molecular formula is C16H21NO5S. The second kappa shape index (κ2) is 7.59. The average molecular weight is 339 g/mol. The number of benzene rings is 1. The van der Waals surface area contributed by atoms with Crippen LogP contribution in [0, 0.1) is 5.92 Å². The van der Waals surface area contributed by atoms with Crippen molar-refractivity contribution in [1.29, 1.82) is 0 Å². The van der Waals surface area contributed by atoms with Gasteiger partial charge in [0.05, 0.1) is 22.8 Å². The van der Waals surface area contributed by atoms with Crippen LogP contribution in [0.1, 0.15) is 36.5 Å². The van der Waals surface area contributed by atoms with Crippen LogP contribution in [0.4, 0.5) is 0 Å². The van der Waals surface area contributed by atoms with Gasteiger partial charge >= 0.3 is 5.97 Å². The van der Waals surface area contributed by atoms with Crippen LogP contribution < -0.4 is 5.32 Å². The Labute approximate surface area is 136 Å². The van der Waals surface area contributed by atoms with Crippen molar-refractivity contribution >= 4 is 21.7 Å². The first-order valence-electron chi connectivity index (χ1n) is 7.69. The fourth-order valence-electron chi connectivity index (χ4n) is 2.10. The predicted octanol–water partition coefficient (Wildman–Crippen LogP) is 1.55. The number of hydrogen-bond acceptors (Lipinski definition) is 5. The number of rotatable bonds is 8. The van der Waals surface area contributed by atoms with Crippen molar-refractivity contribution in [2.45, 2.75) is 31.1 Å². The molecule has 0 spiro atoms. The zero-order chi connectivity index (χ0) is 16.9. The molecule has 7 heteroatoms. The normalized spacial score (nSPS) is 14.3. The summed E-state index contributed by atoms with van der Waals surface area (Å²) in [5.41, 5.74) is 0.0518. The lowest BCUT2D eigenvalue weighted by molar-refractivity contribution is -0.142. The molecule has 0 atom stereocenters. The Bertz CT molecular complexity index is 679. The van der Waals surface area contributed by atoms with Crippen molar-refractivity contribution in [3.8, 4) is 0 Å². The van der Waals surface area contributed by atoms with Gasteiger partial charge < -0.3 is 10.1 Å². The molecule has 1 aromatic rings. The van der Waals surface area contributed by atoms with Gasteiger partial charge in [0.1, 0.15) is 6.54 Å². The number of carbonyl (C=O) groups excluding carboxylic acids is 2. The van der Waals surface area contributed by atoms with Crippen LogP contribution in [0.3, 0.4) is 0 Å². The van der Waals surface area contributed by atoms with Crippen LogP contribution >= 0.6 is 0 Å². The van der Waals surface area contributed by atoms with Gasteiger partial charge in [-0.05, 0) is 37.3 Å². The van der Waals surface area contributed by atoms with E-state index in [1.165, 1.54) is 12.1 Å². The molecule has 0 aromatic heterocycles. The van der Waals surface area contributed by atoms with Crippen molar-refractivity contribution < 1.29 is 22.7 Å². The summed E-state index contributed by atoms with van der Waals surface area (Å²) in [5.74, 6) is -0.682. The second-order valence-corrected chi connectivity index (χ2v) is 7.70. The van der Waals surface area contributed by atoms with Crippen LogP contribution in [0.15, 0.2) is 29.2 Å². The molecule has 0 saturated heterocycles. The van der Waals surface area contributed by atoms with Gasteiger partial charge in [-0.15, -0.1) is 0 Å². The Balaban J connectivity index is 2.00. The third-order valence-electron chi connectivity index (χ3n) is 3.51. The number of amides is 1. The summed E-state index contributed by atoms with van der Waals surface area (Å²) >= 11 is 0. The summed E-state index contributed by atoms with van der Waals surface area (Å²) in [6, 6.07) is 6.01. The van der Waals surface area contributed by atoms with Gasteiger partial charge in [-0.3, -0.25) is 9.59 Å². The lowest BCUT2D eigenvalue weighted by Gasteiger charge is -2.10. The highest BCUT2D eigenvalue weighted by molar-refractivity contribution is 7.91. The number of sulfone groups is 1. The van der Waals surface area contributed by atoms with Crippen LogP contribution in [0.2, 0.25) is 0 Å². The molecule has 0 radical (unpaired) electrons. The smallest absolute Gasteiger partial charge is 0.325 e. The van der Waals surface area contributed by atoms with Crippen LogP contribution in [-0.4, -0.2) is 39.2 Å². The molecule has 0 unspecified atom stereocenters. The van der Waals surface area contributed by atoms with Crippen LogP contribution in [0.25, 0.3) is 0 Å². The summed E-state index contributed by atoms with van der Waals surface area (Å²) in [7, 11) is -3.51. The molecule has 0 aliphatic heterocycles. The van der Waals surface area contributed by atoms with E-state index in [1.807, 2.05) is 0 Å². The van der Waals surface area contributed by atoms with Crippen LogP contribution in [-0.2, 0) is 19.4 Å². The monoisotopic (exact) mass is 339 g/mol. The van der Waals surface area contributed by atoms with E-state index in [9.17, 15) is 18.0 Å². The number of nitrogens with one attached hydrogen (secondary N) is 1. The van der Waals surface area contributed by atoms with Crippen molar-refractivity contribution in [3.63, 3.8) is 0 Å². The van der Waals surface area contributed by atoms with E-state index in [0.717, 1.165) is 12.8 Å². The number of hydrogen-bond donors (Lipinski definition) is 1. The molecule has 2 rings (SSSR count). The zero-order valence-electron chi connectivity index (χ0n) is 13.1. The molecule has 0 heterocycles. The average Bonchev–Trinajstić information content (AvgIpc) is 3.35. The zero-order valence-corrected chi connectivity index (χ0v) is 13.9. The highest BCUT2D eigenvalue weighted by Crippen LogP contribution is 2.28. The molecule has 1 aromatic carbocycles. The lowest BCUT2D eigenvalue weighted by atomic mass is 10.2. The molecule has 1 aliphatic carbocycles. The van der Waals surface area contributed by atoms with E-state index in [4.69, 9.17) is 4.74 Å². The van der Waals surface area contributed by atoms with E-state index in [1.54, 1.807) is 19.1 Å². The lowest BCUT2D eigenvalue weighted by Crippen LogP contribution is -2.32. The predicted molar refractivity (Wildman–Crippen MR) is 84.8 cm³/mol. The SMILES string of the molecule is CCCS(=O)(=O)c1ccccc1C(=O)NCC(=O)OCC1CC1. The summed E-state index contributed by atoms with van der Waals surface area (Å²) < 4.78 is 29.4. The molecule has 1 amide bonds. The Morgan fingerprint density at radius 2 is 1.96 bits per heavy atom. The molecule has 0 bridgehead atoms. The first-order valence-corrected chi connectivity index (χ1v) is 9.35. The quantitative estimate of drug-likeness (QED) is 0.726. The number of carbonyl (C=O) groups is 2. The first kappa shape index (κ1) is 17.5. The third-order valence-corrected chi connectivity index (χ3v) is 5.48. The summed E-state index contributed by atoms with van der Waals surface area (Å²) in [6.45, 7) is 1.87. The van der Waals surface area contributed by atoms with E-state index in [0.29, 0.717) is 18.9 Å². The number of esters is 1. The maximum absolute atomic E-state index is 12.2. The topological polar surface area (TPSA) is 89.5 Å². The standard InChI is InChI=1S/C16H21NO5S/c1-2-9-23(20,21)14-6-4-3-5-13(14)16(19)17-10-15(18)22-11-12-7-8-12/h3-6,12H,2,7-11H2,1H3,(H,17,19). The highest BCUT2D eigenvalue weighted by atomic mass is 32.2. The largest absolute Gasteiger partial charge is 0.464 e. The minimum absolute atomic E-state index is 0.00861. The van der Waals surface area contributed by atoms with E-state index >= 15 is 0 Å². The maximum Gasteiger partial charge on any atom is 0.325 e. The molecule has 126 valence electrons. The molecule has 1 N–H and O–H groups in total. The van der Waals surface area contributed by atoms with Crippen molar-refractivity contribution in [3.05, 3.63) is 29.8 Å². The maximum atomic E-state index is 12.2. The fraction of sp³-hybridized carbons (Fsp3) is 0.500. The Morgan fingerprint density at radius 3 is 2.61 bits per heavy atom. The number of ether oxygens (including phenoxy) is 1. The molecule has 23 heavy (non-hydrogen) atoms. The minimum Gasteiger partial charge on any atom is -0.464 e. The third kappa shape index (κ3) is 5.06. The summed E-state index contributed by atoms with van der Waals surface area (Å²) in [6.07, 6.45) is 2.61. The van der Waals surface area contributed by atoms with Gasteiger partial charge in [0.25, 0.3) is 5.91 Å². The molecule has 1 saturated carbocycles. The summed E-state index contributed by atoms with van der Waals surface area (Å²) in [5, 5.41) is 2.42. The van der Waals surface area contributed by atoms with Crippen LogP contribution in [0.5, 0.6) is 0 Å². The Kier molecular flexibility index (Phi) is 5.76. The van der Waals surface area contributed by atoms with Gasteiger partial charge in [0.15, 0.2) is 9.84 Å².